The average molecular weight is 482 g/mol. The summed E-state index contributed by atoms with van der Waals surface area (Å²) in [4.78, 5) is 36.2. The number of aliphatic carboxylic acids is 1. The predicted molar refractivity (Wildman–Crippen MR) is 111 cm³/mol. The van der Waals surface area contributed by atoms with E-state index in [1.807, 2.05) is 0 Å². The fourth-order valence-corrected chi connectivity index (χ4v) is 3.81. The van der Waals surface area contributed by atoms with Crippen LogP contribution in [0.5, 0.6) is 5.75 Å². The van der Waals surface area contributed by atoms with Gasteiger partial charge >= 0.3 is 18.1 Å². The van der Waals surface area contributed by atoms with E-state index in [1.165, 1.54) is 12.1 Å². The highest BCUT2D eigenvalue weighted by Gasteiger charge is 2.34. The van der Waals surface area contributed by atoms with E-state index < -0.39 is 35.1 Å². The molecule has 2 aromatic carbocycles. The molecule has 172 valence electrons. The van der Waals surface area contributed by atoms with E-state index in [4.69, 9.17) is 25.9 Å². The van der Waals surface area contributed by atoms with E-state index in [9.17, 15) is 27.6 Å². The maximum atomic E-state index is 13.3. The van der Waals surface area contributed by atoms with Crippen molar-refractivity contribution in [2.45, 2.75) is 18.7 Å². The summed E-state index contributed by atoms with van der Waals surface area (Å²) in [7, 11) is 0. The monoisotopic (exact) mass is 481 g/mol. The molecule has 11 heteroatoms. The Kier molecular flexibility index (Phi) is 5.79. The topological polar surface area (TPSA) is 97.0 Å². The third-order valence-electron chi connectivity index (χ3n) is 5.19. The maximum Gasteiger partial charge on any atom is 0.416 e. The van der Waals surface area contributed by atoms with Crippen LogP contribution in [0.3, 0.4) is 0 Å². The van der Waals surface area contributed by atoms with Crippen LogP contribution < -0.4 is 10.2 Å². The smallest absolute Gasteiger partial charge is 0.416 e. The number of para-hydroxylation sites is 1. The number of hydrogen-bond acceptors (Lipinski definition) is 5. The van der Waals surface area contributed by atoms with Gasteiger partial charge in [-0.15, -0.1) is 0 Å². The van der Waals surface area contributed by atoms with Gasteiger partial charge in [0.05, 0.1) is 28.1 Å². The number of carbonyl (C=O) groups is 2. The zero-order valence-corrected chi connectivity index (χ0v) is 17.4. The SMILES string of the molecule is O=C(O)C(=O)N1CC[C@H](Oc2cc(C(F)(F)F)ccc2-c2cc(=O)c3cccc(Cl)c3o2)C1. The first-order valence-electron chi connectivity index (χ1n) is 9.67. The average Bonchev–Trinajstić information content (AvgIpc) is 3.21. The van der Waals surface area contributed by atoms with Crippen molar-refractivity contribution in [3.05, 3.63) is 63.3 Å². The van der Waals surface area contributed by atoms with Crippen LogP contribution in [0.4, 0.5) is 13.2 Å². The highest BCUT2D eigenvalue weighted by atomic mass is 35.5. The van der Waals surface area contributed by atoms with Crippen molar-refractivity contribution in [1.82, 2.24) is 4.90 Å². The molecule has 1 aliphatic heterocycles. The number of fused-ring (bicyclic) bond motifs is 1. The number of rotatable bonds is 3. The molecule has 3 aromatic rings. The van der Waals surface area contributed by atoms with Gasteiger partial charge in [-0.1, -0.05) is 17.7 Å². The Labute approximate surface area is 188 Å². The molecule has 33 heavy (non-hydrogen) atoms. The molecule has 1 aliphatic rings. The van der Waals surface area contributed by atoms with Crippen LogP contribution in [0.15, 0.2) is 51.7 Å². The Balaban J connectivity index is 1.76. The Morgan fingerprint density at radius 2 is 1.94 bits per heavy atom. The van der Waals surface area contributed by atoms with Gasteiger partial charge in [0.25, 0.3) is 0 Å². The summed E-state index contributed by atoms with van der Waals surface area (Å²) < 4.78 is 51.5. The summed E-state index contributed by atoms with van der Waals surface area (Å²) in [6.07, 6.45) is -5.21. The van der Waals surface area contributed by atoms with E-state index in [0.717, 1.165) is 29.2 Å². The second-order valence-corrected chi connectivity index (χ2v) is 7.79. The van der Waals surface area contributed by atoms with Gasteiger partial charge in [0.1, 0.15) is 17.6 Å². The molecule has 0 spiro atoms. The fourth-order valence-electron chi connectivity index (χ4n) is 3.60. The van der Waals surface area contributed by atoms with E-state index in [2.05, 4.69) is 0 Å². The summed E-state index contributed by atoms with van der Waals surface area (Å²) in [5, 5.41) is 9.22. The van der Waals surface area contributed by atoms with Crippen molar-refractivity contribution in [1.29, 1.82) is 0 Å². The molecule has 4 rings (SSSR count). The number of benzene rings is 2. The molecule has 0 aliphatic carbocycles. The minimum absolute atomic E-state index is 0.0548. The summed E-state index contributed by atoms with van der Waals surface area (Å²) in [6, 6.07) is 8.43. The highest BCUT2D eigenvalue weighted by molar-refractivity contribution is 6.34. The number of carboxylic acid groups (broad SMARTS) is 1. The van der Waals surface area contributed by atoms with E-state index in [0.29, 0.717) is 0 Å². The molecule has 1 N–H and O–H groups in total. The molecule has 1 amide bonds. The minimum Gasteiger partial charge on any atom is -0.488 e. The standard InChI is InChI=1S/C22H15ClF3NO6/c23-15-3-1-2-13-16(28)9-18(33-19(13)15)14-5-4-11(22(24,25)26)8-17(14)32-12-6-7-27(10-12)20(29)21(30)31/h1-5,8-9,12H,6-7,10H2,(H,30,31)/t12-/m0/s1. The Bertz CT molecular complexity index is 1320. The number of amides is 1. The predicted octanol–water partition coefficient (Wildman–Crippen LogP) is 4.20. The Morgan fingerprint density at radius 3 is 2.64 bits per heavy atom. The second kappa shape index (κ2) is 8.43. The van der Waals surface area contributed by atoms with E-state index in [1.54, 1.807) is 6.07 Å². The van der Waals surface area contributed by atoms with Crippen molar-refractivity contribution < 1.29 is 37.0 Å². The van der Waals surface area contributed by atoms with Gasteiger partial charge in [0.2, 0.25) is 0 Å². The number of ether oxygens (including phenoxy) is 1. The number of alkyl halides is 3. The number of nitrogens with zero attached hydrogens (tertiary/aromatic N) is 1. The first kappa shape index (κ1) is 22.7. The Morgan fingerprint density at radius 1 is 1.18 bits per heavy atom. The quantitative estimate of drug-likeness (QED) is 0.563. The van der Waals surface area contributed by atoms with Crippen molar-refractivity contribution in [2.75, 3.05) is 13.1 Å². The van der Waals surface area contributed by atoms with E-state index in [-0.39, 0.29) is 52.6 Å². The molecule has 1 atom stereocenters. The van der Waals surface area contributed by atoms with Crippen LogP contribution in [0.2, 0.25) is 5.02 Å². The second-order valence-electron chi connectivity index (χ2n) is 7.38. The molecule has 0 unspecified atom stereocenters. The van der Waals surface area contributed by atoms with Crippen LogP contribution in [-0.4, -0.2) is 41.1 Å². The molecule has 2 heterocycles. The molecule has 0 radical (unpaired) electrons. The molecule has 7 nitrogen and oxygen atoms in total. The molecule has 1 fully saturated rings. The third kappa shape index (κ3) is 4.51. The molecule has 0 bridgehead atoms. The Hall–Kier alpha value is -3.53. The van der Waals surface area contributed by atoms with Gasteiger partial charge in [-0.25, -0.2) is 4.79 Å². The van der Waals surface area contributed by atoms with Gasteiger partial charge in [0.15, 0.2) is 11.0 Å². The van der Waals surface area contributed by atoms with Crippen molar-refractivity contribution in [3.63, 3.8) is 0 Å². The van der Waals surface area contributed by atoms with Crippen LogP contribution in [0, 0.1) is 0 Å². The largest absolute Gasteiger partial charge is 0.488 e. The van der Waals surface area contributed by atoms with Crippen LogP contribution in [0.1, 0.15) is 12.0 Å². The van der Waals surface area contributed by atoms with Crippen LogP contribution in [0.25, 0.3) is 22.3 Å². The number of likely N-dealkylation sites (tertiary alicyclic amines) is 1. The molecule has 1 aromatic heterocycles. The first-order chi connectivity index (χ1) is 15.5. The van der Waals surface area contributed by atoms with Gasteiger partial charge in [0, 0.05) is 19.0 Å². The summed E-state index contributed by atoms with van der Waals surface area (Å²) in [5.41, 5.74) is -1.28. The lowest BCUT2D eigenvalue weighted by Gasteiger charge is -2.19. The lowest BCUT2D eigenvalue weighted by atomic mass is 10.1. The lowest BCUT2D eigenvalue weighted by molar-refractivity contribution is -0.155. The highest BCUT2D eigenvalue weighted by Crippen LogP contribution is 2.39. The van der Waals surface area contributed by atoms with Crippen molar-refractivity contribution >= 4 is 34.4 Å². The normalized spacial score (nSPS) is 16.2. The van der Waals surface area contributed by atoms with Gasteiger partial charge in [-0.05, 0) is 30.3 Å². The zero-order valence-electron chi connectivity index (χ0n) is 16.7. The summed E-state index contributed by atoms with van der Waals surface area (Å²) in [6.45, 7) is -0.0426. The van der Waals surface area contributed by atoms with E-state index >= 15 is 0 Å². The van der Waals surface area contributed by atoms with Crippen molar-refractivity contribution in [3.8, 4) is 17.1 Å². The van der Waals surface area contributed by atoms with Gasteiger partial charge < -0.3 is 19.2 Å². The number of halogens is 4. The number of carbonyl (C=O) groups excluding carboxylic acids is 1. The lowest BCUT2D eigenvalue weighted by Crippen LogP contribution is -2.35. The summed E-state index contributed by atoms with van der Waals surface area (Å²) >= 11 is 6.12. The number of hydrogen-bond donors (Lipinski definition) is 1. The molecular formula is C22H15ClF3NO6. The molecule has 0 saturated carbocycles. The first-order valence-corrected chi connectivity index (χ1v) is 10.0. The fraction of sp³-hybridized carbons (Fsp3) is 0.227. The van der Waals surface area contributed by atoms with Crippen molar-refractivity contribution in [2.24, 2.45) is 0 Å². The minimum atomic E-state index is -4.66. The molecule has 1 saturated heterocycles. The number of carboxylic acids is 1. The van der Waals surface area contributed by atoms with Gasteiger partial charge in [-0.3, -0.25) is 9.59 Å². The van der Waals surface area contributed by atoms with Crippen LogP contribution >= 0.6 is 11.6 Å². The third-order valence-corrected chi connectivity index (χ3v) is 5.49. The van der Waals surface area contributed by atoms with Gasteiger partial charge in [-0.2, -0.15) is 13.2 Å². The summed E-state index contributed by atoms with van der Waals surface area (Å²) in [5.74, 6) is -3.04. The van der Waals surface area contributed by atoms with Crippen LogP contribution in [-0.2, 0) is 15.8 Å². The maximum absolute atomic E-state index is 13.3. The zero-order chi connectivity index (χ0) is 23.9. The molecular weight excluding hydrogens is 467 g/mol.